The summed E-state index contributed by atoms with van der Waals surface area (Å²) in [5.74, 6) is 0.141. The zero-order valence-electron chi connectivity index (χ0n) is 18.6. The van der Waals surface area contributed by atoms with Crippen LogP contribution in [0, 0.1) is 6.92 Å². The summed E-state index contributed by atoms with van der Waals surface area (Å²) in [5.41, 5.74) is 1.24. The summed E-state index contributed by atoms with van der Waals surface area (Å²) in [6, 6.07) is 6.62. The van der Waals surface area contributed by atoms with Crippen molar-refractivity contribution >= 4 is 45.7 Å². The molecule has 0 saturated carbocycles. The third-order valence-electron chi connectivity index (χ3n) is 4.74. The van der Waals surface area contributed by atoms with Gasteiger partial charge in [0, 0.05) is 11.8 Å². The third-order valence-corrected chi connectivity index (χ3v) is 5.63. The molecule has 2 aromatic heterocycles. The van der Waals surface area contributed by atoms with Gasteiger partial charge in [0.25, 0.3) is 0 Å². The van der Waals surface area contributed by atoms with Gasteiger partial charge in [-0.3, -0.25) is 4.79 Å². The molecule has 0 saturated heterocycles. The lowest BCUT2D eigenvalue weighted by molar-refractivity contribution is 0.00349. The van der Waals surface area contributed by atoms with E-state index in [1.165, 1.54) is 12.3 Å². The Labute approximate surface area is 211 Å². The second-order valence-electron chi connectivity index (χ2n) is 7.10. The summed E-state index contributed by atoms with van der Waals surface area (Å²) in [5, 5.41) is 9.92. The van der Waals surface area contributed by atoms with Gasteiger partial charge in [-0.15, -0.1) is 0 Å². The first-order valence-electron chi connectivity index (χ1n) is 10.6. The summed E-state index contributed by atoms with van der Waals surface area (Å²) >= 11 is 19.4. The number of benzene rings is 1. The van der Waals surface area contributed by atoms with Gasteiger partial charge in [-0.1, -0.05) is 40.9 Å². The molecule has 34 heavy (non-hydrogen) atoms. The van der Waals surface area contributed by atoms with E-state index in [0.717, 1.165) is 0 Å². The van der Waals surface area contributed by atoms with Gasteiger partial charge in [-0.2, -0.15) is 0 Å². The maximum atomic E-state index is 12.9. The van der Waals surface area contributed by atoms with Crippen molar-refractivity contribution < 1.29 is 24.1 Å². The van der Waals surface area contributed by atoms with Crippen LogP contribution in [0.1, 0.15) is 5.69 Å². The molecule has 3 rings (SSSR count). The van der Waals surface area contributed by atoms with Gasteiger partial charge in [0.05, 0.1) is 78.7 Å². The number of ether oxygens (including phenoxy) is 4. The molecule has 184 valence electrons. The zero-order chi connectivity index (χ0) is 24.5. The maximum absolute atomic E-state index is 12.9. The maximum Gasteiger partial charge on any atom is 0.227 e. The smallest absolute Gasteiger partial charge is 0.227 e. The number of fused-ring (bicyclic) bond motifs is 1. The fourth-order valence-electron chi connectivity index (χ4n) is 3.31. The predicted octanol–water partition coefficient (Wildman–Crippen LogP) is 4.08. The van der Waals surface area contributed by atoms with Crippen LogP contribution < -0.4 is 10.2 Å². The van der Waals surface area contributed by atoms with Crippen LogP contribution in [0.25, 0.3) is 16.6 Å². The van der Waals surface area contributed by atoms with Gasteiger partial charge in [-0.25, -0.2) is 4.98 Å². The molecule has 1 aromatic carbocycles. The minimum absolute atomic E-state index is 0.0118. The molecular formula is C23H25Cl3N2O6. The number of hydrogen-bond acceptors (Lipinski definition) is 7. The van der Waals surface area contributed by atoms with Crippen molar-refractivity contribution in [3.8, 4) is 11.6 Å². The zero-order valence-corrected chi connectivity index (χ0v) is 20.8. The Balaban J connectivity index is 1.71. The van der Waals surface area contributed by atoms with Crippen molar-refractivity contribution in [1.82, 2.24) is 9.55 Å². The quantitative estimate of drug-likeness (QED) is 0.332. The number of aliphatic hydroxyl groups is 1. The highest BCUT2D eigenvalue weighted by molar-refractivity contribution is 6.38. The van der Waals surface area contributed by atoms with Crippen LogP contribution in [0.4, 0.5) is 0 Å². The van der Waals surface area contributed by atoms with Crippen LogP contribution in [0.3, 0.4) is 0 Å². The normalized spacial score (nSPS) is 11.3. The first-order valence-corrected chi connectivity index (χ1v) is 11.7. The van der Waals surface area contributed by atoms with Crippen molar-refractivity contribution in [2.75, 3.05) is 52.9 Å². The van der Waals surface area contributed by atoms with Crippen molar-refractivity contribution in [2.45, 2.75) is 6.92 Å². The predicted molar refractivity (Wildman–Crippen MR) is 132 cm³/mol. The lowest BCUT2D eigenvalue weighted by Crippen LogP contribution is -2.16. The highest BCUT2D eigenvalue weighted by Gasteiger charge is 2.20. The van der Waals surface area contributed by atoms with E-state index in [0.29, 0.717) is 60.0 Å². The van der Waals surface area contributed by atoms with E-state index in [-0.39, 0.29) is 41.5 Å². The van der Waals surface area contributed by atoms with Crippen LogP contribution >= 0.6 is 34.8 Å². The van der Waals surface area contributed by atoms with E-state index < -0.39 is 0 Å². The average molecular weight is 532 g/mol. The molecule has 0 aliphatic heterocycles. The monoisotopic (exact) mass is 530 g/mol. The molecule has 0 aliphatic rings. The Morgan fingerprint density at radius 2 is 1.50 bits per heavy atom. The average Bonchev–Trinajstić information content (AvgIpc) is 2.80. The number of halogens is 3. The fraction of sp³-hybridized carbons (Fsp3) is 0.391. The summed E-state index contributed by atoms with van der Waals surface area (Å²) in [4.78, 5) is 17.1. The first-order chi connectivity index (χ1) is 16.5. The molecule has 11 heteroatoms. The minimum atomic E-state index is -0.283. The summed E-state index contributed by atoms with van der Waals surface area (Å²) in [7, 11) is 0. The number of aliphatic hydroxyl groups excluding tert-OH is 1. The number of aryl methyl sites for hydroxylation is 1. The third kappa shape index (κ3) is 6.60. The van der Waals surface area contributed by atoms with Gasteiger partial charge < -0.3 is 28.6 Å². The number of nitrogens with zero attached hydrogens (tertiary/aromatic N) is 2. The van der Waals surface area contributed by atoms with E-state index in [1.54, 1.807) is 29.7 Å². The van der Waals surface area contributed by atoms with Crippen molar-refractivity contribution in [3.05, 3.63) is 61.4 Å². The highest BCUT2D eigenvalue weighted by atomic mass is 35.5. The molecule has 1 N–H and O–H groups in total. The Morgan fingerprint density at radius 1 is 0.912 bits per heavy atom. The highest BCUT2D eigenvalue weighted by Crippen LogP contribution is 2.35. The van der Waals surface area contributed by atoms with Crippen LogP contribution in [0.5, 0.6) is 5.88 Å². The lowest BCUT2D eigenvalue weighted by atomic mass is 10.2. The van der Waals surface area contributed by atoms with E-state index in [9.17, 15) is 4.79 Å². The summed E-state index contributed by atoms with van der Waals surface area (Å²) in [6.07, 6.45) is 1.42. The molecule has 0 bridgehead atoms. The number of pyridine rings is 2. The molecule has 3 aromatic rings. The molecule has 8 nitrogen and oxygen atoms in total. The second-order valence-corrected chi connectivity index (χ2v) is 8.32. The summed E-state index contributed by atoms with van der Waals surface area (Å²) in [6.45, 7) is 4.09. The number of rotatable bonds is 13. The molecule has 0 fully saturated rings. The molecule has 2 heterocycles. The van der Waals surface area contributed by atoms with Crippen LogP contribution in [-0.2, 0) is 14.2 Å². The Morgan fingerprint density at radius 3 is 2.12 bits per heavy atom. The van der Waals surface area contributed by atoms with Gasteiger partial charge in [0.2, 0.25) is 5.88 Å². The fourth-order valence-corrected chi connectivity index (χ4v) is 4.10. The van der Waals surface area contributed by atoms with Crippen LogP contribution in [-0.4, -0.2) is 67.5 Å². The van der Waals surface area contributed by atoms with Gasteiger partial charge in [0.1, 0.15) is 12.0 Å². The summed E-state index contributed by atoms with van der Waals surface area (Å²) < 4.78 is 23.4. The number of para-hydroxylation sites is 1. The Hall–Kier alpha value is -1.91. The van der Waals surface area contributed by atoms with Crippen LogP contribution in [0.15, 0.2) is 35.3 Å². The van der Waals surface area contributed by atoms with E-state index in [2.05, 4.69) is 4.98 Å². The van der Waals surface area contributed by atoms with Crippen molar-refractivity contribution in [2.24, 2.45) is 0 Å². The van der Waals surface area contributed by atoms with Crippen LogP contribution in [0.2, 0.25) is 15.1 Å². The standard InChI is InChI=1S/C23H25Cl3N2O6/c1-15-13-19(30)20-22(28(15)21-16(24)3-2-4-17(21)25)18(26)14-27-23(20)34-12-11-33-10-9-32-8-7-31-6-5-29/h2-4,13-14,29H,5-12H2,1H3. The van der Waals surface area contributed by atoms with E-state index in [1.807, 2.05) is 0 Å². The molecule has 0 atom stereocenters. The first kappa shape index (κ1) is 26.7. The van der Waals surface area contributed by atoms with Crippen molar-refractivity contribution in [1.29, 1.82) is 0 Å². The molecule has 0 spiro atoms. The second kappa shape index (κ2) is 13.3. The Kier molecular flexibility index (Phi) is 10.4. The number of aromatic nitrogens is 2. The lowest BCUT2D eigenvalue weighted by Gasteiger charge is -2.19. The Bertz CT molecular complexity index is 1150. The van der Waals surface area contributed by atoms with Gasteiger partial charge >= 0.3 is 0 Å². The minimum Gasteiger partial charge on any atom is -0.475 e. The molecule has 0 aliphatic carbocycles. The van der Waals surface area contributed by atoms with Gasteiger partial charge in [-0.05, 0) is 19.1 Å². The SMILES string of the molecule is Cc1cc(=O)c2c(OCCOCCOCCOCCO)ncc(Cl)c2n1-c1c(Cl)cccc1Cl. The van der Waals surface area contributed by atoms with Crippen molar-refractivity contribution in [3.63, 3.8) is 0 Å². The molecule has 0 amide bonds. The molecule has 0 unspecified atom stereocenters. The van der Waals surface area contributed by atoms with E-state index in [4.69, 9.17) is 58.9 Å². The number of hydrogen-bond donors (Lipinski definition) is 1. The molecule has 0 radical (unpaired) electrons. The van der Waals surface area contributed by atoms with Gasteiger partial charge in [0.15, 0.2) is 5.43 Å². The topological polar surface area (TPSA) is 92.0 Å². The van der Waals surface area contributed by atoms with E-state index >= 15 is 0 Å². The molecular weight excluding hydrogens is 507 g/mol. The largest absolute Gasteiger partial charge is 0.475 e.